The summed E-state index contributed by atoms with van der Waals surface area (Å²) in [5, 5.41) is 21.5. The lowest BCUT2D eigenvalue weighted by atomic mass is 9.62. The van der Waals surface area contributed by atoms with E-state index < -0.39 is 0 Å². The number of rotatable bonds is 10. The molecule has 170 valence electrons. The Kier molecular flexibility index (Phi) is 10.1. The van der Waals surface area contributed by atoms with Crippen LogP contribution in [0.3, 0.4) is 0 Å². The largest absolute Gasteiger partial charge is 0.393 e. The van der Waals surface area contributed by atoms with Crippen molar-refractivity contribution in [3.63, 3.8) is 0 Å². The van der Waals surface area contributed by atoms with Gasteiger partial charge in [0, 0.05) is 0 Å². The normalized spacial score (nSPS) is 34.5. The molecule has 0 saturated heterocycles. The summed E-state index contributed by atoms with van der Waals surface area (Å²) < 4.78 is 0. The Bertz CT molecular complexity index is 458. The summed E-state index contributed by atoms with van der Waals surface area (Å²) in [6.07, 6.45) is 13.9. The highest BCUT2D eigenvalue weighted by Gasteiger charge is 2.30. The van der Waals surface area contributed by atoms with Gasteiger partial charge >= 0.3 is 0 Å². The van der Waals surface area contributed by atoms with E-state index in [-0.39, 0.29) is 17.6 Å². The Balaban J connectivity index is 1.68. The monoisotopic (exact) mass is 406 g/mol. The SMILES string of the molecule is BC1CC(C)CCC1C[C@@H](C)C(O)CCC(C)(C)CCC(O)C1CCC(C)CC1. The lowest BCUT2D eigenvalue weighted by molar-refractivity contribution is 0.0490. The Hall–Kier alpha value is -0.0151. The van der Waals surface area contributed by atoms with E-state index in [0.717, 1.165) is 49.3 Å². The predicted octanol–water partition coefficient (Wildman–Crippen LogP) is 6.01. The summed E-state index contributed by atoms with van der Waals surface area (Å²) >= 11 is 0. The fourth-order valence-electron chi connectivity index (χ4n) is 6.11. The molecule has 5 unspecified atom stereocenters. The van der Waals surface area contributed by atoms with Crippen molar-refractivity contribution in [1.82, 2.24) is 0 Å². The van der Waals surface area contributed by atoms with E-state index in [0.29, 0.717) is 11.8 Å². The molecule has 3 heteroatoms. The van der Waals surface area contributed by atoms with Gasteiger partial charge in [-0.2, -0.15) is 0 Å². The van der Waals surface area contributed by atoms with E-state index in [1.54, 1.807) is 0 Å². The predicted molar refractivity (Wildman–Crippen MR) is 128 cm³/mol. The van der Waals surface area contributed by atoms with Gasteiger partial charge in [-0.3, -0.25) is 0 Å². The van der Waals surface area contributed by atoms with Crippen molar-refractivity contribution in [2.24, 2.45) is 35.0 Å². The van der Waals surface area contributed by atoms with Crippen molar-refractivity contribution in [1.29, 1.82) is 0 Å². The Morgan fingerprint density at radius 2 is 1.48 bits per heavy atom. The van der Waals surface area contributed by atoms with Gasteiger partial charge in [0.05, 0.1) is 12.2 Å². The fraction of sp³-hybridized carbons (Fsp3) is 1.00. The molecule has 0 aromatic heterocycles. The van der Waals surface area contributed by atoms with E-state index >= 15 is 0 Å². The van der Waals surface area contributed by atoms with Crippen LogP contribution in [0.5, 0.6) is 0 Å². The zero-order valence-corrected chi connectivity index (χ0v) is 20.5. The molecular weight excluding hydrogens is 355 g/mol. The van der Waals surface area contributed by atoms with Crippen molar-refractivity contribution in [2.75, 3.05) is 0 Å². The molecule has 2 nitrogen and oxygen atoms in total. The fourth-order valence-corrected chi connectivity index (χ4v) is 6.11. The molecular formula is C26H51BO2. The van der Waals surface area contributed by atoms with Crippen molar-refractivity contribution >= 4 is 7.85 Å². The average Bonchev–Trinajstić information content (AvgIpc) is 2.67. The van der Waals surface area contributed by atoms with Crippen LogP contribution in [0.15, 0.2) is 0 Å². The van der Waals surface area contributed by atoms with Crippen LogP contribution in [-0.4, -0.2) is 30.3 Å². The van der Waals surface area contributed by atoms with Crippen LogP contribution in [0.25, 0.3) is 0 Å². The van der Waals surface area contributed by atoms with Gasteiger partial charge in [-0.15, -0.1) is 0 Å². The third-order valence-electron chi connectivity index (χ3n) is 8.78. The second-order valence-electron chi connectivity index (χ2n) is 12.3. The first-order valence-corrected chi connectivity index (χ1v) is 12.9. The van der Waals surface area contributed by atoms with Crippen LogP contribution in [0.4, 0.5) is 0 Å². The Morgan fingerprint density at radius 1 is 0.897 bits per heavy atom. The molecule has 29 heavy (non-hydrogen) atoms. The van der Waals surface area contributed by atoms with E-state index in [4.69, 9.17) is 0 Å². The van der Waals surface area contributed by atoms with Crippen molar-refractivity contribution in [2.45, 2.75) is 130 Å². The molecule has 0 amide bonds. The van der Waals surface area contributed by atoms with Gasteiger partial charge in [-0.05, 0) is 80.0 Å². The minimum absolute atomic E-state index is 0.124. The van der Waals surface area contributed by atoms with Crippen molar-refractivity contribution in [3.8, 4) is 0 Å². The van der Waals surface area contributed by atoms with Gasteiger partial charge in [0.1, 0.15) is 7.85 Å². The first-order chi connectivity index (χ1) is 13.6. The molecule has 2 aliphatic rings. The number of aliphatic hydroxyl groups excluding tert-OH is 2. The molecule has 0 heterocycles. The van der Waals surface area contributed by atoms with Crippen LogP contribution in [0.2, 0.25) is 5.82 Å². The molecule has 2 aliphatic carbocycles. The highest BCUT2D eigenvalue weighted by Crippen LogP contribution is 2.40. The molecule has 0 radical (unpaired) electrons. The quantitative estimate of drug-likeness (QED) is 0.437. The average molecular weight is 407 g/mol. The second-order valence-corrected chi connectivity index (χ2v) is 12.3. The maximum Gasteiger partial charge on any atom is 0.105 e. The molecule has 2 fully saturated rings. The van der Waals surface area contributed by atoms with Crippen molar-refractivity contribution < 1.29 is 10.2 Å². The highest BCUT2D eigenvalue weighted by molar-refractivity contribution is 6.11. The minimum Gasteiger partial charge on any atom is -0.393 e. The van der Waals surface area contributed by atoms with Gasteiger partial charge in [0.25, 0.3) is 0 Å². The summed E-state index contributed by atoms with van der Waals surface area (Å²) in [6, 6.07) is 0. The van der Waals surface area contributed by atoms with Crippen LogP contribution in [0, 0.1) is 35.0 Å². The third-order valence-corrected chi connectivity index (χ3v) is 8.78. The number of hydrogen-bond acceptors (Lipinski definition) is 2. The molecule has 6 atom stereocenters. The van der Waals surface area contributed by atoms with Crippen LogP contribution >= 0.6 is 0 Å². The van der Waals surface area contributed by atoms with Crippen molar-refractivity contribution in [3.05, 3.63) is 0 Å². The second kappa shape index (κ2) is 11.6. The number of hydrogen-bond donors (Lipinski definition) is 2. The molecule has 2 saturated carbocycles. The highest BCUT2D eigenvalue weighted by atomic mass is 16.3. The zero-order valence-electron chi connectivity index (χ0n) is 20.5. The first kappa shape index (κ1) is 25.2. The summed E-state index contributed by atoms with van der Waals surface area (Å²) in [5.74, 6) is 4.27. The first-order valence-electron chi connectivity index (χ1n) is 12.9. The molecule has 0 aromatic rings. The molecule has 2 N–H and O–H groups in total. The summed E-state index contributed by atoms with van der Waals surface area (Å²) in [4.78, 5) is 0. The zero-order chi connectivity index (χ0) is 21.6. The maximum absolute atomic E-state index is 10.8. The molecule has 0 bridgehead atoms. The third kappa shape index (κ3) is 8.56. The Labute approximate surface area is 183 Å². The van der Waals surface area contributed by atoms with E-state index in [2.05, 4.69) is 42.5 Å². The van der Waals surface area contributed by atoms with E-state index in [1.165, 1.54) is 51.4 Å². The topological polar surface area (TPSA) is 40.5 Å². The standard InChI is InChI=1S/C26H51BO2/c1-18-6-9-21(10-7-18)25(29)13-15-26(4,5)14-12-24(28)20(3)17-22-11-8-19(2)16-23(22)27/h18-25,28-29H,6-17,27H2,1-5H3/t18?,19?,20-,21?,22?,23?,24?,25?/m1/s1. The maximum atomic E-state index is 10.8. The lowest BCUT2D eigenvalue weighted by Gasteiger charge is -2.36. The van der Waals surface area contributed by atoms with Gasteiger partial charge in [0.15, 0.2) is 0 Å². The Morgan fingerprint density at radius 3 is 2.10 bits per heavy atom. The molecule has 0 aliphatic heterocycles. The van der Waals surface area contributed by atoms with Gasteiger partial charge < -0.3 is 10.2 Å². The molecule has 2 rings (SSSR count). The summed E-state index contributed by atoms with van der Waals surface area (Å²) in [5.41, 5.74) is 0.206. The van der Waals surface area contributed by atoms with Crippen LogP contribution in [-0.2, 0) is 0 Å². The summed E-state index contributed by atoms with van der Waals surface area (Å²) in [7, 11) is 2.42. The van der Waals surface area contributed by atoms with E-state index in [1.807, 2.05) is 0 Å². The van der Waals surface area contributed by atoms with Gasteiger partial charge in [0.2, 0.25) is 0 Å². The molecule has 0 spiro atoms. The van der Waals surface area contributed by atoms with Gasteiger partial charge in [-0.1, -0.05) is 72.5 Å². The van der Waals surface area contributed by atoms with Crippen LogP contribution in [0.1, 0.15) is 112 Å². The smallest absolute Gasteiger partial charge is 0.105 e. The lowest BCUT2D eigenvalue weighted by Crippen LogP contribution is -2.28. The minimum atomic E-state index is -0.175. The van der Waals surface area contributed by atoms with Gasteiger partial charge in [-0.25, -0.2) is 0 Å². The van der Waals surface area contributed by atoms with Crippen LogP contribution < -0.4 is 0 Å². The number of aliphatic hydroxyl groups is 2. The molecule has 0 aromatic carbocycles. The summed E-state index contributed by atoms with van der Waals surface area (Å²) in [6.45, 7) is 11.6. The van der Waals surface area contributed by atoms with E-state index in [9.17, 15) is 10.2 Å².